The van der Waals surface area contributed by atoms with Gasteiger partial charge in [-0.15, -0.1) is 0 Å². The molecule has 3 N–H and O–H groups in total. The van der Waals surface area contributed by atoms with Crippen LogP contribution < -0.4 is 5.32 Å². The molecule has 0 bridgehead atoms. The van der Waals surface area contributed by atoms with Crippen molar-refractivity contribution >= 4 is 41.4 Å². The Morgan fingerprint density at radius 2 is 2.27 bits per heavy atom. The SMILES string of the molecule is COC(=O)c1c(Nc2ccn[nH]2)oc(/C=C2\C=Nc3ncccc32)c1O. The maximum Gasteiger partial charge on any atom is 0.347 e. The lowest BCUT2D eigenvalue weighted by Crippen LogP contribution is -2.03. The number of hydrogen-bond acceptors (Lipinski definition) is 8. The maximum absolute atomic E-state index is 12.1. The summed E-state index contributed by atoms with van der Waals surface area (Å²) in [7, 11) is 1.22. The maximum atomic E-state index is 12.1. The summed E-state index contributed by atoms with van der Waals surface area (Å²) in [6.07, 6.45) is 6.37. The second-order valence-corrected chi connectivity index (χ2v) is 5.34. The fraction of sp³-hybridized carbons (Fsp3) is 0.0588. The standard InChI is InChI=1S/C17H13N5O4/c1-25-17(24)13-14(23)11(26-16(13)21-12-4-6-20-22-12)7-9-8-19-15-10(9)3-2-5-18-15/h2-8,23H,1H3,(H2,20,21,22)/b9-7+. The van der Waals surface area contributed by atoms with E-state index >= 15 is 0 Å². The van der Waals surface area contributed by atoms with Gasteiger partial charge < -0.3 is 19.6 Å². The number of carbonyl (C=O) groups is 1. The first-order valence-electron chi connectivity index (χ1n) is 7.59. The van der Waals surface area contributed by atoms with Gasteiger partial charge in [0.2, 0.25) is 5.88 Å². The highest BCUT2D eigenvalue weighted by Gasteiger charge is 2.27. The number of ether oxygens (including phenoxy) is 1. The van der Waals surface area contributed by atoms with Crippen molar-refractivity contribution in [2.75, 3.05) is 12.4 Å². The van der Waals surface area contributed by atoms with Crippen LogP contribution in [0.3, 0.4) is 0 Å². The number of anilines is 2. The largest absolute Gasteiger partial charge is 0.504 e. The number of aromatic hydroxyl groups is 1. The molecule has 1 aliphatic rings. The van der Waals surface area contributed by atoms with Crippen LogP contribution in [0.4, 0.5) is 17.5 Å². The van der Waals surface area contributed by atoms with Crippen molar-refractivity contribution in [3.8, 4) is 5.75 Å². The molecule has 0 unspecified atom stereocenters. The van der Waals surface area contributed by atoms with Gasteiger partial charge in [-0.3, -0.25) is 5.10 Å². The number of aromatic amines is 1. The van der Waals surface area contributed by atoms with Crippen LogP contribution in [0, 0.1) is 0 Å². The molecular formula is C17H13N5O4. The number of nitrogens with zero attached hydrogens (tertiary/aromatic N) is 3. The van der Waals surface area contributed by atoms with Crippen molar-refractivity contribution in [2.45, 2.75) is 0 Å². The van der Waals surface area contributed by atoms with Crippen LogP contribution in [-0.4, -0.2) is 39.6 Å². The average Bonchev–Trinajstić information content (AvgIpc) is 3.37. The molecule has 130 valence electrons. The van der Waals surface area contributed by atoms with Crippen LogP contribution in [0.15, 0.2) is 40.0 Å². The van der Waals surface area contributed by atoms with Gasteiger partial charge in [0.1, 0.15) is 5.82 Å². The van der Waals surface area contributed by atoms with Gasteiger partial charge in [-0.2, -0.15) is 5.10 Å². The Kier molecular flexibility index (Phi) is 3.73. The van der Waals surface area contributed by atoms with Crippen LogP contribution in [0.5, 0.6) is 5.75 Å². The predicted molar refractivity (Wildman–Crippen MR) is 93.8 cm³/mol. The number of nitrogens with one attached hydrogen (secondary N) is 2. The lowest BCUT2D eigenvalue weighted by Gasteiger charge is -2.02. The number of methoxy groups -OCH3 is 1. The second kappa shape index (κ2) is 6.20. The zero-order valence-corrected chi connectivity index (χ0v) is 13.6. The number of aromatic nitrogens is 3. The van der Waals surface area contributed by atoms with E-state index in [2.05, 4.69) is 25.5 Å². The van der Waals surface area contributed by atoms with Crippen LogP contribution >= 0.6 is 0 Å². The number of esters is 1. The molecule has 0 saturated heterocycles. The lowest BCUT2D eigenvalue weighted by molar-refractivity contribution is 0.0598. The van der Waals surface area contributed by atoms with Crippen molar-refractivity contribution in [2.24, 2.45) is 4.99 Å². The molecule has 0 fully saturated rings. The van der Waals surface area contributed by atoms with E-state index < -0.39 is 5.97 Å². The highest BCUT2D eigenvalue weighted by Crippen LogP contribution is 2.39. The first-order chi connectivity index (χ1) is 12.7. The number of hydrogen-bond donors (Lipinski definition) is 3. The summed E-state index contributed by atoms with van der Waals surface area (Å²) < 4.78 is 10.4. The average molecular weight is 351 g/mol. The van der Waals surface area contributed by atoms with Gasteiger partial charge >= 0.3 is 5.97 Å². The number of pyridine rings is 1. The summed E-state index contributed by atoms with van der Waals surface area (Å²) in [6.45, 7) is 0. The number of fused-ring (bicyclic) bond motifs is 1. The minimum Gasteiger partial charge on any atom is -0.504 e. The monoisotopic (exact) mass is 351 g/mol. The zero-order valence-electron chi connectivity index (χ0n) is 13.6. The molecule has 0 spiro atoms. The molecule has 3 aromatic rings. The third-order valence-corrected chi connectivity index (χ3v) is 3.76. The molecule has 3 aromatic heterocycles. The Morgan fingerprint density at radius 3 is 3.04 bits per heavy atom. The fourth-order valence-corrected chi connectivity index (χ4v) is 2.55. The van der Waals surface area contributed by atoms with Crippen molar-refractivity contribution in [1.29, 1.82) is 0 Å². The highest BCUT2D eigenvalue weighted by atomic mass is 16.5. The van der Waals surface area contributed by atoms with Crippen molar-refractivity contribution in [3.63, 3.8) is 0 Å². The van der Waals surface area contributed by atoms with Crippen LogP contribution in [0.2, 0.25) is 0 Å². The quantitative estimate of drug-likeness (QED) is 0.617. The molecule has 26 heavy (non-hydrogen) atoms. The predicted octanol–water partition coefficient (Wildman–Crippen LogP) is 2.89. The van der Waals surface area contributed by atoms with Crippen LogP contribution in [-0.2, 0) is 4.74 Å². The molecule has 9 nitrogen and oxygen atoms in total. The van der Waals surface area contributed by atoms with Crippen molar-refractivity contribution in [1.82, 2.24) is 15.2 Å². The molecule has 4 rings (SSSR count). The number of allylic oxidation sites excluding steroid dienone is 1. The molecule has 1 aliphatic heterocycles. The summed E-state index contributed by atoms with van der Waals surface area (Å²) in [5.41, 5.74) is 1.38. The first-order valence-corrected chi connectivity index (χ1v) is 7.59. The molecule has 9 heteroatoms. The molecule has 0 saturated carbocycles. The summed E-state index contributed by atoms with van der Waals surface area (Å²) in [5, 5.41) is 19.8. The lowest BCUT2D eigenvalue weighted by atomic mass is 10.1. The van der Waals surface area contributed by atoms with Gasteiger partial charge in [0.25, 0.3) is 0 Å². The van der Waals surface area contributed by atoms with Gasteiger partial charge in [0.05, 0.1) is 13.3 Å². The van der Waals surface area contributed by atoms with Gasteiger partial charge in [-0.25, -0.2) is 14.8 Å². The van der Waals surface area contributed by atoms with Gasteiger partial charge in [-0.1, -0.05) is 0 Å². The molecule has 0 radical (unpaired) electrons. The summed E-state index contributed by atoms with van der Waals surface area (Å²) in [4.78, 5) is 20.4. The van der Waals surface area contributed by atoms with Gasteiger partial charge in [-0.05, 0) is 18.2 Å². The summed E-state index contributed by atoms with van der Waals surface area (Å²) in [6, 6.07) is 5.28. The van der Waals surface area contributed by atoms with E-state index in [-0.39, 0.29) is 23.0 Å². The minimum absolute atomic E-state index is 0.0341. The molecule has 0 amide bonds. The molecule has 4 heterocycles. The van der Waals surface area contributed by atoms with E-state index in [0.29, 0.717) is 17.2 Å². The Morgan fingerprint density at radius 1 is 1.38 bits per heavy atom. The third-order valence-electron chi connectivity index (χ3n) is 3.76. The summed E-state index contributed by atoms with van der Waals surface area (Å²) >= 11 is 0. The molecular weight excluding hydrogens is 338 g/mol. The van der Waals surface area contributed by atoms with Crippen molar-refractivity contribution < 1.29 is 19.1 Å². The molecule has 0 atom stereocenters. The topological polar surface area (TPSA) is 126 Å². The normalized spacial score (nSPS) is 13.8. The fourth-order valence-electron chi connectivity index (χ4n) is 2.55. The summed E-state index contributed by atoms with van der Waals surface area (Å²) in [5.74, 6) is 0.114. The smallest absolute Gasteiger partial charge is 0.347 e. The Labute approximate surface area is 147 Å². The highest BCUT2D eigenvalue weighted by molar-refractivity contribution is 6.21. The van der Waals surface area contributed by atoms with Crippen molar-refractivity contribution in [3.05, 3.63) is 47.5 Å². The van der Waals surface area contributed by atoms with E-state index in [0.717, 1.165) is 5.56 Å². The number of rotatable bonds is 4. The molecule has 0 aliphatic carbocycles. The number of carbonyl (C=O) groups excluding carboxylic acids is 1. The number of aliphatic imine (C=N–C) groups is 1. The first kappa shape index (κ1) is 15.6. The van der Waals surface area contributed by atoms with E-state index in [9.17, 15) is 9.90 Å². The van der Waals surface area contributed by atoms with E-state index in [1.54, 1.807) is 30.6 Å². The minimum atomic E-state index is -0.736. The number of H-pyrrole nitrogens is 1. The van der Waals surface area contributed by atoms with E-state index in [1.807, 2.05) is 6.07 Å². The third kappa shape index (κ3) is 2.61. The molecule has 0 aromatic carbocycles. The second-order valence-electron chi connectivity index (χ2n) is 5.34. The van der Waals surface area contributed by atoms with Gasteiger partial charge in [0, 0.05) is 29.6 Å². The Hall–Kier alpha value is -3.88. The Bertz CT molecular complexity index is 1030. The van der Waals surface area contributed by atoms with Gasteiger partial charge in [0.15, 0.2) is 22.9 Å². The van der Waals surface area contributed by atoms with Crippen LogP contribution in [0.25, 0.3) is 11.6 Å². The van der Waals surface area contributed by atoms with Crippen LogP contribution in [0.1, 0.15) is 21.7 Å². The van der Waals surface area contributed by atoms with E-state index in [1.165, 1.54) is 13.3 Å². The Balaban J connectivity index is 1.78. The number of furan rings is 1. The van der Waals surface area contributed by atoms with E-state index in [4.69, 9.17) is 9.15 Å². The zero-order chi connectivity index (χ0) is 18.1.